The van der Waals surface area contributed by atoms with E-state index in [1.165, 1.54) is 47.9 Å². The fourth-order valence-electron chi connectivity index (χ4n) is 6.44. The maximum Gasteiger partial charge on any atom is 0.416 e. The topological polar surface area (TPSA) is 98.8 Å². The Morgan fingerprint density at radius 1 is 0.630 bits per heavy atom. The van der Waals surface area contributed by atoms with Gasteiger partial charge in [0.2, 0.25) is 23.6 Å². The van der Waals surface area contributed by atoms with Crippen LogP contribution in [0.3, 0.4) is 0 Å². The molecule has 46 heavy (non-hydrogen) atoms. The minimum atomic E-state index is -4.56. The summed E-state index contributed by atoms with van der Waals surface area (Å²) in [6, 6.07) is 9.54. The SMILES string of the molecule is CC(=O)NC1(c2cccc(C(F)(F)F)c2)CCN(C(=O)CCC(=O)N2CCC(NC(C)=O)(c3cccc(C(F)(F)F)c3)CC2)CC1. The van der Waals surface area contributed by atoms with Gasteiger partial charge in [-0.15, -0.1) is 0 Å². The number of carbonyl (C=O) groups excluding carboxylic acids is 4. The van der Waals surface area contributed by atoms with E-state index < -0.39 is 46.4 Å². The standard InChI is InChI=1S/C32H36F6N4O4/c1-21(43)39-29(23-5-3-7-25(19-23)31(33,34)35)11-15-41(16-12-29)27(45)9-10-28(46)42-17-13-30(14-18-42,40-22(2)44)24-6-4-8-26(20-24)32(36,37)38/h3-8,19-20H,9-18H2,1-2H3,(H,39,43)(H,40,44). The van der Waals surface area contributed by atoms with Gasteiger partial charge in [0, 0.05) is 52.9 Å². The van der Waals surface area contributed by atoms with Crippen molar-refractivity contribution in [1.29, 1.82) is 0 Å². The van der Waals surface area contributed by atoms with E-state index in [0.29, 0.717) is 11.1 Å². The number of piperidine rings is 2. The van der Waals surface area contributed by atoms with E-state index in [4.69, 9.17) is 0 Å². The number of nitrogens with one attached hydrogen (secondary N) is 2. The second-order valence-corrected chi connectivity index (χ2v) is 11.9. The number of halogens is 6. The minimum absolute atomic E-state index is 0.115. The Bertz CT molecular complexity index is 1350. The summed E-state index contributed by atoms with van der Waals surface area (Å²) in [5.74, 6) is -1.47. The van der Waals surface area contributed by atoms with Crippen LogP contribution in [0.4, 0.5) is 26.3 Å². The summed E-state index contributed by atoms with van der Waals surface area (Å²) >= 11 is 0. The highest BCUT2D eigenvalue weighted by atomic mass is 19.4. The van der Waals surface area contributed by atoms with Crippen molar-refractivity contribution in [2.24, 2.45) is 0 Å². The van der Waals surface area contributed by atoms with Crippen LogP contribution in [0.1, 0.15) is 74.6 Å². The van der Waals surface area contributed by atoms with E-state index in [9.17, 15) is 45.5 Å². The molecule has 2 heterocycles. The Kier molecular flexibility index (Phi) is 10.1. The molecule has 2 aromatic carbocycles. The van der Waals surface area contributed by atoms with Crippen molar-refractivity contribution in [2.75, 3.05) is 26.2 Å². The van der Waals surface area contributed by atoms with E-state index in [1.807, 2.05) is 0 Å². The van der Waals surface area contributed by atoms with Gasteiger partial charge in [-0.3, -0.25) is 19.2 Å². The van der Waals surface area contributed by atoms with Crippen LogP contribution in [-0.4, -0.2) is 59.6 Å². The number of rotatable bonds is 7. The number of nitrogens with zero attached hydrogens (tertiary/aromatic N) is 2. The van der Waals surface area contributed by atoms with Crippen molar-refractivity contribution in [3.63, 3.8) is 0 Å². The quantitative estimate of drug-likeness (QED) is 0.406. The molecule has 4 rings (SSSR count). The molecule has 14 heteroatoms. The first-order valence-electron chi connectivity index (χ1n) is 14.9. The summed E-state index contributed by atoms with van der Waals surface area (Å²) in [6.07, 6.45) is -8.63. The van der Waals surface area contributed by atoms with Crippen LogP contribution in [0.25, 0.3) is 0 Å². The summed E-state index contributed by atoms with van der Waals surface area (Å²) in [5.41, 5.74) is -3.26. The molecular weight excluding hydrogens is 618 g/mol. The predicted molar refractivity (Wildman–Crippen MR) is 155 cm³/mol. The zero-order valence-electron chi connectivity index (χ0n) is 25.5. The molecule has 0 aromatic heterocycles. The zero-order chi connectivity index (χ0) is 33.9. The maximum absolute atomic E-state index is 13.4. The average molecular weight is 655 g/mol. The molecule has 0 aliphatic carbocycles. The molecule has 2 aliphatic rings. The first kappa shape index (κ1) is 34.8. The Morgan fingerprint density at radius 3 is 1.24 bits per heavy atom. The van der Waals surface area contributed by atoms with Crippen LogP contribution >= 0.6 is 0 Å². The molecule has 2 fully saturated rings. The third kappa shape index (κ3) is 8.00. The number of benzene rings is 2. The van der Waals surface area contributed by atoms with Crippen LogP contribution < -0.4 is 10.6 Å². The van der Waals surface area contributed by atoms with Gasteiger partial charge in [0.15, 0.2) is 0 Å². The van der Waals surface area contributed by atoms with E-state index in [1.54, 1.807) is 0 Å². The lowest BCUT2D eigenvalue weighted by molar-refractivity contribution is -0.139. The zero-order valence-corrected chi connectivity index (χ0v) is 25.5. The number of hydrogen-bond acceptors (Lipinski definition) is 4. The summed E-state index contributed by atoms with van der Waals surface area (Å²) < 4.78 is 80.2. The summed E-state index contributed by atoms with van der Waals surface area (Å²) in [5, 5.41) is 5.59. The van der Waals surface area contributed by atoms with Crippen LogP contribution in [0.2, 0.25) is 0 Å². The van der Waals surface area contributed by atoms with Crippen molar-refractivity contribution in [3.8, 4) is 0 Å². The molecule has 4 amide bonds. The Hall–Kier alpha value is -4.10. The third-order valence-corrected chi connectivity index (χ3v) is 8.81. The highest BCUT2D eigenvalue weighted by molar-refractivity contribution is 5.84. The molecule has 0 saturated carbocycles. The molecule has 2 N–H and O–H groups in total. The lowest BCUT2D eigenvalue weighted by Gasteiger charge is -2.43. The third-order valence-electron chi connectivity index (χ3n) is 8.81. The molecule has 0 unspecified atom stereocenters. The number of likely N-dealkylation sites (tertiary alicyclic amines) is 2. The molecule has 0 atom stereocenters. The van der Waals surface area contributed by atoms with Gasteiger partial charge in [-0.25, -0.2) is 0 Å². The van der Waals surface area contributed by atoms with Crippen LogP contribution in [0.5, 0.6) is 0 Å². The Labute approximate surface area is 262 Å². The highest BCUT2D eigenvalue weighted by Gasteiger charge is 2.42. The summed E-state index contributed by atoms with van der Waals surface area (Å²) in [6.45, 7) is 3.18. The molecule has 250 valence electrons. The molecule has 2 aliphatic heterocycles. The Balaban J connectivity index is 1.36. The predicted octanol–water partition coefficient (Wildman–Crippen LogP) is 5.11. The smallest absolute Gasteiger partial charge is 0.347 e. The monoisotopic (exact) mass is 654 g/mol. The molecule has 0 bridgehead atoms. The molecule has 8 nitrogen and oxygen atoms in total. The lowest BCUT2D eigenvalue weighted by atomic mass is 9.80. The average Bonchev–Trinajstić information content (AvgIpc) is 2.99. The van der Waals surface area contributed by atoms with Crippen molar-refractivity contribution < 1.29 is 45.5 Å². The molecule has 2 saturated heterocycles. The molecule has 0 spiro atoms. The van der Waals surface area contributed by atoms with Gasteiger partial charge in [0.1, 0.15) is 0 Å². The van der Waals surface area contributed by atoms with E-state index in [2.05, 4.69) is 10.6 Å². The van der Waals surface area contributed by atoms with Crippen LogP contribution in [0.15, 0.2) is 48.5 Å². The van der Waals surface area contributed by atoms with Gasteiger partial charge in [-0.1, -0.05) is 24.3 Å². The van der Waals surface area contributed by atoms with Gasteiger partial charge in [0.25, 0.3) is 0 Å². The second kappa shape index (κ2) is 13.3. The van der Waals surface area contributed by atoms with E-state index >= 15 is 0 Å². The van der Waals surface area contributed by atoms with Gasteiger partial charge >= 0.3 is 12.4 Å². The largest absolute Gasteiger partial charge is 0.416 e. The number of alkyl halides is 6. The van der Waals surface area contributed by atoms with Gasteiger partial charge in [-0.05, 0) is 61.1 Å². The van der Waals surface area contributed by atoms with E-state index in [-0.39, 0.29) is 76.5 Å². The Morgan fingerprint density at radius 2 is 0.957 bits per heavy atom. The molecule has 0 radical (unpaired) electrons. The number of carbonyl (C=O) groups is 4. The van der Waals surface area contributed by atoms with Gasteiger partial charge in [-0.2, -0.15) is 26.3 Å². The maximum atomic E-state index is 13.4. The highest BCUT2D eigenvalue weighted by Crippen LogP contribution is 2.39. The fourth-order valence-corrected chi connectivity index (χ4v) is 6.44. The lowest BCUT2D eigenvalue weighted by Crippen LogP contribution is -2.54. The van der Waals surface area contributed by atoms with Gasteiger partial charge < -0.3 is 20.4 Å². The van der Waals surface area contributed by atoms with Crippen molar-refractivity contribution in [2.45, 2.75) is 75.8 Å². The fraction of sp³-hybridized carbons (Fsp3) is 0.500. The summed E-state index contributed by atoms with van der Waals surface area (Å²) in [7, 11) is 0. The first-order chi connectivity index (χ1) is 21.4. The van der Waals surface area contributed by atoms with E-state index in [0.717, 1.165) is 24.3 Å². The molecular formula is C32H36F6N4O4. The number of hydrogen-bond donors (Lipinski definition) is 2. The number of amides is 4. The van der Waals surface area contributed by atoms with Crippen molar-refractivity contribution >= 4 is 23.6 Å². The van der Waals surface area contributed by atoms with Crippen molar-refractivity contribution in [3.05, 3.63) is 70.8 Å². The minimum Gasteiger partial charge on any atom is -0.347 e. The molecule has 2 aromatic rings. The van der Waals surface area contributed by atoms with Crippen LogP contribution in [-0.2, 0) is 42.6 Å². The van der Waals surface area contributed by atoms with Crippen molar-refractivity contribution in [1.82, 2.24) is 20.4 Å². The summed E-state index contributed by atoms with van der Waals surface area (Å²) in [4.78, 5) is 53.2. The van der Waals surface area contributed by atoms with Gasteiger partial charge in [0.05, 0.1) is 22.2 Å². The van der Waals surface area contributed by atoms with Crippen LogP contribution in [0, 0.1) is 0 Å². The normalized spacial score (nSPS) is 18.1. The second-order valence-electron chi connectivity index (χ2n) is 11.9. The first-order valence-corrected chi connectivity index (χ1v) is 14.9.